The SMILES string of the molecule is O=C(O)C1CCC(C(=O)N2CCCC2c2ccc3c(c2)OCCO3)CC1. The monoisotopic (exact) mass is 359 g/mol. The number of fused-ring (bicyclic) bond motifs is 1. The molecule has 6 nitrogen and oxygen atoms in total. The molecule has 1 unspecified atom stereocenters. The second-order valence-corrected chi connectivity index (χ2v) is 7.48. The van der Waals surface area contributed by atoms with Gasteiger partial charge in [-0.15, -0.1) is 0 Å². The maximum absolute atomic E-state index is 13.1. The van der Waals surface area contributed by atoms with Gasteiger partial charge in [0.05, 0.1) is 12.0 Å². The van der Waals surface area contributed by atoms with Crippen LogP contribution in [-0.2, 0) is 9.59 Å². The van der Waals surface area contributed by atoms with Crippen LogP contribution in [0.25, 0.3) is 0 Å². The van der Waals surface area contributed by atoms with Crippen LogP contribution in [0.3, 0.4) is 0 Å². The number of carbonyl (C=O) groups is 2. The van der Waals surface area contributed by atoms with Crippen LogP contribution in [0.2, 0.25) is 0 Å². The minimum Gasteiger partial charge on any atom is -0.486 e. The third-order valence-electron chi connectivity index (χ3n) is 5.91. The van der Waals surface area contributed by atoms with Crippen LogP contribution in [0.1, 0.15) is 50.1 Å². The topological polar surface area (TPSA) is 76.1 Å². The molecule has 0 radical (unpaired) electrons. The number of nitrogens with zero attached hydrogens (tertiary/aromatic N) is 1. The van der Waals surface area contributed by atoms with Crippen molar-refractivity contribution in [3.63, 3.8) is 0 Å². The van der Waals surface area contributed by atoms with Gasteiger partial charge in [-0.05, 0) is 56.2 Å². The number of aliphatic carboxylic acids is 1. The molecule has 26 heavy (non-hydrogen) atoms. The van der Waals surface area contributed by atoms with E-state index in [2.05, 4.69) is 0 Å². The van der Waals surface area contributed by atoms with Gasteiger partial charge in [0, 0.05) is 12.5 Å². The van der Waals surface area contributed by atoms with Gasteiger partial charge in [0.15, 0.2) is 11.5 Å². The summed E-state index contributed by atoms with van der Waals surface area (Å²) in [6, 6.07) is 6.05. The molecule has 4 rings (SSSR count). The fourth-order valence-electron chi connectivity index (χ4n) is 4.47. The normalized spacial score (nSPS) is 28.0. The number of ether oxygens (including phenoxy) is 2. The highest BCUT2D eigenvalue weighted by Crippen LogP contribution is 2.40. The van der Waals surface area contributed by atoms with Gasteiger partial charge >= 0.3 is 5.97 Å². The Morgan fingerprint density at radius 2 is 1.65 bits per heavy atom. The zero-order valence-electron chi connectivity index (χ0n) is 14.9. The highest BCUT2D eigenvalue weighted by atomic mass is 16.6. The number of hydrogen-bond donors (Lipinski definition) is 1. The van der Waals surface area contributed by atoms with Gasteiger partial charge in [-0.3, -0.25) is 9.59 Å². The van der Waals surface area contributed by atoms with Crippen LogP contribution in [0.15, 0.2) is 18.2 Å². The molecule has 140 valence electrons. The molecule has 1 saturated heterocycles. The fraction of sp³-hybridized carbons (Fsp3) is 0.600. The van der Waals surface area contributed by atoms with Crippen LogP contribution < -0.4 is 9.47 Å². The second kappa shape index (κ2) is 7.17. The Bertz CT molecular complexity index is 695. The average molecular weight is 359 g/mol. The molecule has 1 atom stereocenters. The number of carboxylic acid groups (broad SMARTS) is 1. The second-order valence-electron chi connectivity index (χ2n) is 7.48. The number of carboxylic acids is 1. The smallest absolute Gasteiger partial charge is 0.306 e. The van der Waals surface area contributed by atoms with Crippen LogP contribution in [0, 0.1) is 11.8 Å². The van der Waals surface area contributed by atoms with Gasteiger partial charge in [0.2, 0.25) is 5.91 Å². The van der Waals surface area contributed by atoms with E-state index in [1.165, 1.54) is 0 Å². The average Bonchev–Trinajstić information content (AvgIpc) is 3.17. The Balaban J connectivity index is 1.46. The van der Waals surface area contributed by atoms with Crippen molar-refractivity contribution in [2.75, 3.05) is 19.8 Å². The maximum Gasteiger partial charge on any atom is 0.306 e. The molecule has 2 aliphatic heterocycles. The summed E-state index contributed by atoms with van der Waals surface area (Å²) in [5.41, 5.74) is 1.10. The van der Waals surface area contributed by atoms with Crippen molar-refractivity contribution in [2.45, 2.75) is 44.6 Å². The van der Waals surface area contributed by atoms with E-state index in [4.69, 9.17) is 14.6 Å². The first-order chi connectivity index (χ1) is 12.6. The summed E-state index contributed by atoms with van der Waals surface area (Å²) in [7, 11) is 0. The molecule has 3 aliphatic rings. The largest absolute Gasteiger partial charge is 0.486 e. The molecule has 1 amide bonds. The molecule has 0 spiro atoms. The van der Waals surface area contributed by atoms with E-state index >= 15 is 0 Å². The zero-order chi connectivity index (χ0) is 18.1. The number of rotatable bonds is 3. The van der Waals surface area contributed by atoms with E-state index in [9.17, 15) is 9.59 Å². The minimum absolute atomic E-state index is 0.0385. The van der Waals surface area contributed by atoms with Gasteiger partial charge in [-0.2, -0.15) is 0 Å². The standard InChI is InChI=1S/C20H25NO5/c22-19(13-3-5-14(6-4-13)20(23)24)21-9-1-2-16(21)15-7-8-17-18(12-15)26-11-10-25-17/h7-8,12-14,16H,1-6,9-11H2,(H,23,24). The van der Waals surface area contributed by atoms with Gasteiger partial charge in [-0.1, -0.05) is 6.07 Å². The highest BCUT2D eigenvalue weighted by molar-refractivity contribution is 5.80. The molecule has 1 aromatic rings. The van der Waals surface area contributed by atoms with Gasteiger partial charge in [-0.25, -0.2) is 0 Å². The molecule has 1 aromatic carbocycles. The number of hydrogen-bond acceptors (Lipinski definition) is 4. The lowest BCUT2D eigenvalue weighted by Crippen LogP contribution is -2.38. The first-order valence-electron chi connectivity index (χ1n) is 9.56. The van der Waals surface area contributed by atoms with E-state index < -0.39 is 5.97 Å². The summed E-state index contributed by atoms with van der Waals surface area (Å²) in [5, 5.41) is 9.14. The van der Waals surface area contributed by atoms with E-state index in [1.54, 1.807) is 0 Å². The van der Waals surface area contributed by atoms with Crippen LogP contribution in [0.4, 0.5) is 0 Å². The number of amides is 1. The molecule has 2 fully saturated rings. The lowest BCUT2D eigenvalue weighted by atomic mass is 9.81. The Kier molecular flexibility index (Phi) is 4.74. The van der Waals surface area contributed by atoms with E-state index in [1.807, 2.05) is 23.1 Å². The summed E-state index contributed by atoms with van der Waals surface area (Å²) >= 11 is 0. The minimum atomic E-state index is -0.730. The van der Waals surface area contributed by atoms with Gasteiger partial charge < -0.3 is 19.5 Å². The predicted molar refractivity (Wildman–Crippen MR) is 94.2 cm³/mol. The molecular formula is C20H25NO5. The molecular weight excluding hydrogens is 334 g/mol. The maximum atomic E-state index is 13.1. The quantitative estimate of drug-likeness (QED) is 0.898. The van der Waals surface area contributed by atoms with E-state index in [-0.39, 0.29) is 23.8 Å². The third kappa shape index (κ3) is 3.24. The summed E-state index contributed by atoms with van der Waals surface area (Å²) in [5.74, 6) is 0.657. The lowest BCUT2D eigenvalue weighted by molar-refractivity contribution is -0.146. The lowest BCUT2D eigenvalue weighted by Gasteiger charge is -2.32. The van der Waals surface area contributed by atoms with Crippen molar-refractivity contribution in [3.8, 4) is 11.5 Å². The summed E-state index contributed by atoms with van der Waals surface area (Å²) in [6.45, 7) is 1.90. The molecule has 6 heteroatoms. The summed E-state index contributed by atoms with van der Waals surface area (Å²) in [6.07, 6.45) is 4.52. The Morgan fingerprint density at radius 1 is 0.962 bits per heavy atom. The number of likely N-dealkylation sites (tertiary alicyclic amines) is 1. The van der Waals surface area contributed by atoms with Crippen molar-refractivity contribution < 1.29 is 24.2 Å². The van der Waals surface area contributed by atoms with Crippen molar-refractivity contribution >= 4 is 11.9 Å². The number of carbonyl (C=O) groups excluding carboxylic acids is 1. The van der Waals surface area contributed by atoms with Crippen molar-refractivity contribution in [3.05, 3.63) is 23.8 Å². The first kappa shape index (κ1) is 17.2. The van der Waals surface area contributed by atoms with Crippen molar-refractivity contribution in [1.29, 1.82) is 0 Å². The third-order valence-corrected chi connectivity index (χ3v) is 5.91. The molecule has 0 aromatic heterocycles. The van der Waals surface area contributed by atoms with Crippen LogP contribution in [0.5, 0.6) is 11.5 Å². The van der Waals surface area contributed by atoms with Gasteiger partial charge in [0.1, 0.15) is 13.2 Å². The Hall–Kier alpha value is -2.24. The molecule has 1 saturated carbocycles. The van der Waals surface area contributed by atoms with E-state index in [0.717, 1.165) is 36.4 Å². The summed E-state index contributed by atoms with van der Waals surface area (Å²) in [4.78, 5) is 26.2. The Labute approximate surface area is 153 Å². The zero-order valence-corrected chi connectivity index (χ0v) is 14.9. The van der Waals surface area contributed by atoms with Crippen LogP contribution >= 0.6 is 0 Å². The fourth-order valence-corrected chi connectivity index (χ4v) is 4.47. The summed E-state index contributed by atoms with van der Waals surface area (Å²) < 4.78 is 11.3. The number of benzene rings is 1. The van der Waals surface area contributed by atoms with Crippen molar-refractivity contribution in [1.82, 2.24) is 4.90 Å². The molecule has 2 heterocycles. The molecule has 0 bridgehead atoms. The predicted octanol–water partition coefficient (Wildman–Crippen LogP) is 3.01. The van der Waals surface area contributed by atoms with E-state index in [0.29, 0.717) is 38.9 Å². The Morgan fingerprint density at radius 3 is 2.38 bits per heavy atom. The van der Waals surface area contributed by atoms with Gasteiger partial charge in [0.25, 0.3) is 0 Å². The molecule has 1 N–H and O–H groups in total. The highest BCUT2D eigenvalue weighted by Gasteiger charge is 2.37. The molecule has 1 aliphatic carbocycles. The first-order valence-corrected chi connectivity index (χ1v) is 9.56. The van der Waals surface area contributed by atoms with Crippen molar-refractivity contribution in [2.24, 2.45) is 11.8 Å². The van der Waals surface area contributed by atoms with Crippen LogP contribution in [-0.4, -0.2) is 41.6 Å².